The summed E-state index contributed by atoms with van der Waals surface area (Å²) in [5.74, 6) is -0.361. The maximum atomic E-state index is 11.1. The van der Waals surface area contributed by atoms with Crippen molar-refractivity contribution in [3.63, 3.8) is 0 Å². The van der Waals surface area contributed by atoms with Gasteiger partial charge in [-0.15, -0.1) is 0 Å². The van der Waals surface area contributed by atoms with Crippen molar-refractivity contribution in [2.45, 2.75) is 0 Å². The quantitative estimate of drug-likeness (QED) is 0.413. The Morgan fingerprint density at radius 3 is 3.00 bits per heavy atom. The average Bonchev–Trinajstić information content (AvgIpc) is 2.63. The van der Waals surface area contributed by atoms with Gasteiger partial charge >= 0.3 is 5.97 Å². The number of hydrogen-bond acceptors (Lipinski definition) is 4. The van der Waals surface area contributed by atoms with Gasteiger partial charge in [0.05, 0.1) is 12.5 Å². The van der Waals surface area contributed by atoms with E-state index in [1.165, 1.54) is 6.08 Å². The van der Waals surface area contributed by atoms with E-state index in [1.54, 1.807) is 29.6 Å². The molecule has 0 unspecified atom stereocenters. The van der Waals surface area contributed by atoms with Crippen LogP contribution in [0.15, 0.2) is 29.1 Å². The van der Waals surface area contributed by atoms with Gasteiger partial charge in [0.2, 0.25) is 0 Å². The number of esters is 1. The van der Waals surface area contributed by atoms with Crippen molar-refractivity contribution in [1.29, 1.82) is 0 Å². The molecule has 0 aromatic carbocycles. The van der Waals surface area contributed by atoms with Gasteiger partial charge in [0, 0.05) is 11.6 Å². The molecule has 4 nitrogen and oxygen atoms in total. The zero-order chi connectivity index (χ0) is 10.4. The Morgan fingerprint density at radius 1 is 1.64 bits per heavy atom. The number of rotatable bonds is 4. The van der Waals surface area contributed by atoms with E-state index in [1.807, 2.05) is 14.1 Å². The topological polar surface area (TPSA) is 42.7 Å². The number of furan rings is 1. The summed E-state index contributed by atoms with van der Waals surface area (Å²) in [7, 11) is 3.65. The Bertz CT molecular complexity index is 301. The zero-order valence-electron chi connectivity index (χ0n) is 8.27. The van der Waals surface area contributed by atoms with Gasteiger partial charge in [0.25, 0.3) is 0 Å². The molecule has 0 fully saturated rings. The van der Waals surface area contributed by atoms with Crippen molar-refractivity contribution in [2.24, 2.45) is 0 Å². The van der Waals surface area contributed by atoms with Crippen LogP contribution in [0.4, 0.5) is 0 Å². The smallest absolute Gasteiger partial charge is 0.332 e. The van der Waals surface area contributed by atoms with E-state index >= 15 is 0 Å². The first-order valence-electron chi connectivity index (χ1n) is 4.20. The number of nitrogens with zero attached hydrogens (tertiary/aromatic N) is 1. The average molecular weight is 195 g/mol. The summed E-state index contributed by atoms with van der Waals surface area (Å²) in [6, 6.07) is 1.76. The lowest BCUT2D eigenvalue weighted by atomic mass is 10.3. The van der Waals surface area contributed by atoms with Gasteiger partial charge in [-0.25, -0.2) is 4.79 Å². The third kappa shape index (κ3) is 3.91. The number of hydrogen-bond donors (Lipinski definition) is 0. The fourth-order valence-corrected chi connectivity index (χ4v) is 0.775. The SMILES string of the molecule is CN(C)COC(=O)/C=C/c1ccoc1. The molecule has 0 radical (unpaired) electrons. The van der Waals surface area contributed by atoms with Gasteiger partial charge in [0.15, 0.2) is 0 Å². The molecule has 4 heteroatoms. The predicted octanol–water partition coefficient (Wildman–Crippen LogP) is 1.36. The lowest BCUT2D eigenvalue weighted by Crippen LogP contribution is -2.18. The molecule has 14 heavy (non-hydrogen) atoms. The normalized spacial score (nSPS) is 11.1. The highest BCUT2D eigenvalue weighted by atomic mass is 16.5. The molecule has 0 aliphatic rings. The maximum Gasteiger partial charge on any atom is 0.332 e. The monoisotopic (exact) mass is 195 g/mol. The third-order valence-electron chi connectivity index (χ3n) is 1.42. The highest BCUT2D eigenvalue weighted by Crippen LogP contribution is 2.02. The summed E-state index contributed by atoms with van der Waals surface area (Å²) in [5.41, 5.74) is 0.840. The largest absolute Gasteiger partial charge is 0.472 e. The molecular weight excluding hydrogens is 182 g/mol. The van der Waals surface area contributed by atoms with Crippen molar-refractivity contribution < 1.29 is 13.9 Å². The van der Waals surface area contributed by atoms with Crippen molar-refractivity contribution in [2.75, 3.05) is 20.8 Å². The second-order valence-electron chi connectivity index (χ2n) is 3.06. The van der Waals surface area contributed by atoms with Crippen LogP contribution in [-0.2, 0) is 9.53 Å². The van der Waals surface area contributed by atoms with Gasteiger partial charge in [-0.1, -0.05) is 0 Å². The summed E-state index contributed by atoms with van der Waals surface area (Å²) in [6.45, 7) is 0.286. The highest BCUT2D eigenvalue weighted by molar-refractivity contribution is 5.86. The van der Waals surface area contributed by atoms with Crippen LogP contribution < -0.4 is 0 Å². The number of carbonyl (C=O) groups excluding carboxylic acids is 1. The van der Waals surface area contributed by atoms with Gasteiger partial charge in [-0.05, 0) is 26.2 Å². The molecule has 0 aliphatic heterocycles. The molecule has 1 aromatic rings. The Labute approximate surface area is 82.8 Å². The third-order valence-corrected chi connectivity index (χ3v) is 1.42. The van der Waals surface area contributed by atoms with Gasteiger partial charge in [-0.2, -0.15) is 0 Å². The fraction of sp³-hybridized carbons (Fsp3) is 0.300. The van der Waals surface area contributed by atoms with Crippen LogP contribution in [0.25, 0.3) is 6.08 Å². The lowest BCUT2D eigenvalue weighted by Gasteiger charge is -2.07. The van der Waals surface area contributed by atoms with Gasteiger partial charge in [-0.3, -0.25) is 4.90 Å². The molecule has 0 bridgehead atoms. The standard InChI is InChI=1S/C10H13NO3/c1-11(2)8-14-10(12)4-3-9-5-6-13-7-9/h3-7H,8H2,1-2H3/b4-3+. The molecule has 0 saturated carbocycles. The maximum absolute atomic E-state index is 11.1. The molecule has 1 aromatic heterocycles. The second-order valence-corrected chi connectivity index (χ2v) is 3.06. The van der Waals surface area contributed by atoms with E-state index in [-0.39, 0.29) is 12.7 Å². The minimum Gasteiger partial charge on any atom is -0.472 e. The molecule has 76 valence electrons. The van der Waals surface area contributed by atoms with Crippen molar-refractivity contribution in [3.8, 4) is 0 Å². The summed E-state index contributed by atoms with van der Waals surface area (Å²) in [4.78, 5) is 12.8. The fourth-order valence-electron chi connectivity index (χ4n) is 0.775. The van der Waals surface area contributed by atoms with Crippen LogP contribution in [0.1, 0.15) is 5.56 Å². The van der Waals surface area contributed by atoms with Crippen LogP contribution >= 0.6 is 0 Å². The van der Waals surface area contributed by atoms with E-state index < -0.39 is 0 Å². The minimum atomic E-state index is -0.361. The Kier molecular flexibility index (Phi) is 3.94. The van der Waals surface area contributed by atoms with E-state index in [2.05, 4.69) is 0 Å². The summed E-state index contributed by atoms with van der Waals surface area (Å²) in [5, 5.41) is 0. The van der Waals surface area contributed by atoms with Crippen LogP contribution in [0, 0.1) is 0 Å². The molecule has 1 heterocycles. The van der Waals surface area contributed by atoms with E-state index in [0.29, 0.717) is 0 Å². The summed E-state index contributed by atoms with van der Waals surface area (Å²) < 4.78 is 9.70. The van der Waals surface area contributed by atoms with Crippen LogP contribution in [0.2, 0.25) is 0 Å². The molecule has 0 N–H and O–H groups in total. The molecule has 0 atom stereocenters. The van der Waals surface area contributed by atoms with Crippen LogP contribution in [-0.4, -0.2) is 31.7 Å². The minimum absolute atomic E-state index is 0.286. The molecule has 0 spiro atoms. The molecule has 0 aliphatic carbocycles. The Balaban J connectivity index is 2.34. The van der Waals surface area contributed by atoms with E-state index in [4.69, 9.17) is 9.15 Å². The molecular formula is C10H13NO3. The molecule has 0 amide bonds. The molecule has 0 saturated heterocycles. The van der Waals surface area contributed by atoms with Gasteiger partial charge < -0.3 is 9.15 Å². The lowest BCUT2D eigenvalue weighted by molar-refractivity contribution is -0.141. The number of ether oxygens (including phenoxy) is 1. The summed E-state index contributed by atoms with van der Waals surface area (Å²) in [6.07, 6.45) is 6.11. The summed E-state index contributed by atoms with van der Waals surface area (Å²) >= 11 is 0. The van der Waals surface area contributed by atoms with Crippen molar-refractivity contribution in [3.05, 3.63) is 30.2 Å². The van der Waals surface area contributed by atoms with Crippen LogP contribution in [0.5, 0.6) is 0 Å². The zero-order valence-corrected chi connectivity index (χ0v) is 8.27. The van der Waals surface area contributed by atoms with E-state index in [0.717, 1.165) is 5.56 Å². The van der Waals surface area contributed by atoms with E-state index in [9.17, 15) is 4.79 Å². The highest BCUT2D eigenvalue weighted by Gasteiger charge is 1.97. The second kappa shape index (κ2) is 5.24. The van der Waals surface area contributed by atoms with Crippen molar-refractivity contribution in [1.82, 2.24) is 4.90 Å². The predicted molar refractivity (Wildman–Crippen MR) is 52.4 cm³/mol. The Morgan fingerprint density at radius 2 is 2.43 bits per heavy atom. The Hall–Kier alpha value is -1.55. The van der Waals surface area contributed by atoms with Crippen molar-refractivity contribution >= 4 is 12.0 Å². The first-order valence-corrected chi connectivity index (χ1v) is 4.20. The molecule has 1 rings (SSSR count). The number of carbonyl (C=O) groups is 1. The first-order chi connectivity index (χ1) is 6.68. The van der Waals surface area contributed by atoms with Crippen LogP contribution in [0.3, 0.4) is 0 Å². The van der Waals surface area contributed by atoms with Gasteiger partial charge in [0.1, 0.15) is 6.73 Å². The first kappa shape index (κ1) is 10.5.